The van der Waals surface area contributed by atoms with Gasteiger partial charge in [-0.2, -0.15) is 0 Å². The summed E-state index contributed by atoms with van der Waals surface area (Å²) in [5.41, 5.74) is 4.41. The lowest BCUT2D eigenvalue weighted by atomic mass is 10.1. The van der Waals surface area contributed by atoms with E-state index in [1.54, 1.807) is 36.0 Å². The molecule has 0 aliphatic rings. The minimum atomic E-state index is -0.0111. The first kappa shape index (κ1) is 15.7. The van der Waals surface area contributed by atoms with E-state index in [9.17, 15) is 4.79 Å². The van der Waals surface area contributed by atoms with Gasteiger partial charge in [0.25, 0.3) is 0 Å². The summed E-state index contributed by atoms with van der Waals surface area (Å²) in [5.74, 6) is -0.0111. The average molecular weight is 373 g/mol. The number of aromatic nitrogens is 2. The second-order valence-corrected chi connectivity index (χ2v) is 7.98. The van der Waals surface area contributed by atoms with E-state index >= 15 is 0 Å². The molecule has 0 N–H and O–H groups in total. The van der Waals surface area contributed by atoms with Crippen molar-refractivity contribution in [3.05, 3.63) is 63.6 Å². The van der Waals surface area contributed by atoms with E-state index in [1.807, 2.05) is 31.5 Å². The molecule has 0 saturated heterocycles. The number of imidazole rings is 1. The maximum absolute atomic E-state index is 13.0. The number of carbonyl (C=O) groups excluding carboxylic acids is 1. The number of thiophene rings is 1. The summed E-state index contributed by atoms with van der Waals surface area (Å²) in [4.78, 5) is 18.4. The number of carbonyl (C=O) groups is 1. The van der Waals surface area contributed by atoms with Crippen molar-refractivity contribution in [1.82, 2.24) is 9.38 Å². The van der Waals surface area contributed by atoms with Crippen molar-refractivity contribution in [3.63, 3.8) is 0 Å². The number of pyridine rings is 1. The molecule has 3 aromatic heterocycles. The van der Waals surface area contributed by atoms with Gasteiger partial charge in [-0.15, -0.1) is 23.1 Å². The van der Waals surface area contributed by atoms with E-state index in [-0.39, 0.29) is 5.78 Å². The van der Waals surface area contributed by atoms with Crippen molar-refractivity contribution in [1.29, 1.82) is 0 Å². The normalized spacial score (nSPS) is 11.5. The number of rotatable bonds is 3. The molecule has 0 amide bonds. The second kappa shape index (κ2) is 5.92. The molecule has 3 nitrogen and oxygen atoms in total. The van der Waals surface area contributed by atoms with Crippen molar-refractivity contribution in [2.75, 3.05) is 6.26 Å². The fourth-order valence-corrected chi connectivity index (χ4v) is 4.80. The Morgan fingerprint density at radius 1 is 1.25 bits per heavy atom. The molecule has 0 aliphatic carbocycles. The number of aryl methyl sites for hydroxylation is 1. The number of fused-ring (bicyclic) bond motifs is 3. The van der Waals surface area contributed by atoms with Crippen molar-refractivity contribution >= 4 is 57.2 Å². The van der Waals surface area contributed by atoms with Gasteiger partial charge in [0.05, 0.1) is 9.73 Å². The molecule has 1 aromatic carbocycles. The molecule has 0 bridgehead atoms. The molecule has 0 spiro atoms. The highest BCUT2D eigenvalue weighted by Gasteiger charge is 2.23. The lowest BCUT2D eigenvalue weighted by Gasteiger charge is -1.99. The molecule has 6 heteroatoms. The molecule has 4 rings (SSSR count). The minimum Gasteiger partial charge on any atom is -0.298 e. The fraction of sp³-hybridized carbons (Fsp3) is 0.111. The largest absolute Gasteiger partial charge is 0.298 e. The molecule has 3 heterocycles. The number of hydrogen-bond donors (Lipinski definition) is 0. The van der Waals surface area contributed by atoms with E-state index in [0.29, 0.717) is 15.5 Å². The summed E-state index contributed by atoms with van der Waals surface area (Å²) in [7, 11) is 0. The molecule has 0 radical (unpaired) electrons. The van der Waals surface area contributed by atoms with Gasteiger partial charge in [-0.1, -0.05) is 17.7 Å². The lowest BCUT2D eigenvalue weighted by molar-refractivity contribution is 0.104. The molecule has 0 unspecified atom stereocenters. The van der Waals surface area contributed by atoms with Crippen LogP contribution in [-0.2, 0) is 0 Å². The second-order valence-electron chi connectivity index (χ2n) is 5.45. The Hall–Kier alpha value is -1.82. The zero-order chi connectivity index (χ0) is 16.8. The third-order valence-corrected chi connectivity index (χ3v) is 6.47. The van der Waals surface area contributed by atoms with Crippen LogP contribution in [0.2, 0.25) is 5.02 Å². The van der Waals surface area contributed by atoms with Gasteiger partial charge in [0.1, 0.15) is 16.0 Å². The van der Waals surface area contributed by atoms with Crippen LogP contribution in [0.5, 0.6) is 0 Å². The van der Waals surface area contributed by atoms with Crippen LogP contribution in [0.4, 0.5) is 0 Å². The van der Waals surface area contributed by atoms with Crippen molar-refractivity contribution in [3.8, 4) is 0 Å². The van der Waals surface area contributed by atoms with Gasteiger partial charge in [-0.25, -0.2) is 4.98 Å². The van der Waals surface area contributed by atoms with E-state index in [0.717, 1.165) is 26.5 Å². The van der Waals surface area contributed by atoms with Crippen LogP contribution in [0.15, 0.2) is 46.8 Å². The summed E-state index contributed by atoms with van der Waals surface area (Å²) >= 11 is 9.08. The molecule has 0 atom stereocenters. The molecule has 120 valence electrons. The van der Waals surface area contributed by atoms with Crippen LogP contribution in [0.25, 0.3) is 16.7 Å². The summed E-state index contributed by atoms with van der Waals surface area (Å²) in [5, 5.41) is 0.621. The van der Waals surface area contributed by atoms with Gasteiger partial charge in [-0.3, -0.25) is 9.20 Å². The van der Waals surface area contributed by atoms with Crippen molar-refractivity contribution in [2.45, 2.75) is 11.1 Å². The van der Waals surface area contributed by atoms with Crippen molar-refractivity contribution < 1.29 is 4.79 Å². The van der Waals surface area contributed by atoms with Crippen LogP contribution in [0, 0.1) is 6.92 Å². The molecule has 0 saturated carbocycles. The third kappa shape index (κ3) is 2.35. The Balaban J connectivity index is 1.99. The highest BCUT2D eigenvalue weighted by Crippen LogP contribution is 2.39. The highest BCUT2D eigenvalue weighted by molar-refractivity contribution is 8.00. The van der Waals surface area contributed by atoms with Crippen LogP contribution >= 0.6 is 34.7 Å². The Kier molecular flexibility index (Phi) is 3.87. The quantitative estimate of drug-likeness (QED) is 0.353. The topological polar surface area (TPSA) is 34.4 Å². The van der Waals surface area contributed by atoms with Crippen LogP contribution in [0.1, 0.15) is 20.8 Å². The SMILES string of the molecule is CSc1sc(C(=O)c2ccc(Cl)cc2)c2nc3c(C)cccn3c12. The standard InChI is InChI=1S/C18H13ClN2OS2/c1-10-4-3-9-21-14-13(20-17(10)21)16(24-18(14)23-2)15(22)11-5-7-12(19)8-6-11/h3-9H,1-2H3. The Labute approximate surface area is 152 Å². The number of halogens is 1. The summed E-state index contributed by atoms with van der Waals surface area (Å²) in [6, 6.07) is 11.0. The van der Waals surface area contributed by atoms with E-state index in [2.05, 4.69) is 4.40 Å². The van der Waals surface area contributed by atoms with Gasteiger partial charge in [0.15, 0.2) is 0 Å². The molecule has 0 aliphatic heterocycles. The number of ketones is 1. The molecular formula is C18H13ClN2OS2. The number of nitrogens with zero attached hydrogens (tertiary/aromatic N) is 2. The van der Waals surface area contributed by atoms with Crippen LogP contribution in [0.3, 0.4) is 0 Å². The van der Waals surface area contributed by atoms with Gasteiger partial charge in [0.2, 0.25) is 5.78 Å². The maximum atomic E-state index is 13.0. The third-order valence-electron chi connectivity index (χ3n) is 3.95. The summed E-state index contributed by atoms with van der Waals surface area (Å²) in [6.07, 6.45) is 4.03. The minimum absolute atomic E-state index is 0.0111. The zero-order valence-corrected chi connectivity index (χ0v) is 15.4. The van der Waals surface area contributed by atoms with E-state index < -0.39 is 0 Å². The lowest BCUT2D eigenvalue weighted by Crippen LogP contribution is -1.98. The first-order valence-corrected chi connectivity index (χ1v) is 9.76. The smallest absolute Gasteiger partial charge is 0.205 e. The summed E-state index contributed by atoms with van der Waals surface area (Å²) in [6.45, 7) is 2.03. The predicted octanol–water partition coefficient (Wildman–Crippen LogP) is 5.46. The van der Waals surface area contributed by atoms with Gasteiger partial charge in [0, 0.05) is 16.8 Å². The average Bonchev–Trinajstić information content (AvgIpc) is 3.13. The number of benzene rings is 1. The zero-order valence-electron chi connectivity index (χ0n) is 13.0. The van der Waals surface area contributed by atoms with Crippen LogP contribution < -0.4 is 0 Å². The Morgan fingerprint density at radius 2 is 2.00 bits per heavy atom. The number of hydrogen-bond acceptors (Lipinski definition) is 4. The molecule has 0 fully saturated rings. The van der Waals surface area contributed by atoms with Gasteiger partial charge < -0.3 is 0 Å². The van der Waals surface area contributed by atoms with Gasteiger partial charge in [-0.05, 0) is 49.1 Å². The molecule has 24 heavy (non-hydrogen) atoms. The fourth-order valence-electron chi connectivity index (χ4n) is 2.77. The number of thioether (sulfide) groups is 1. The first-order chi connectivity index (χ1) is 11.6. The Bertz CT molecular complexity index is 1080. The summed E-state index contributed by atoms with van der Waals surface area (Å²) < 4.78 is 3.17. The van der Waals surface area contributed by atoms with Gasteiger partial charge >= 0.3 is 0 Å². The maximum Gasteiger partial charge on any atom is 0.205 e. The predicted molar refractivity (Wildman–Crippen MR) is 102 cm³/mol. The van der Waals surface area contributed by atoms with Crippen LogP contribution in [-0.4, -0.2) is 21.4 Å². The van der Waals surface area contributed by atoms with Crippen molar-refractivity contribution in [2.24, 2.45) is 0 Å². The first-order valence-electron chi connectivity index (χ1n) is 7.34. The Morgan fingerprint density at radius 3 is 2.71 bits per heavy atom. The van der Waals surface area contributed by atoms with E-state index in [1.165, 1.54) is 11.3 Å². The monoisotopic (exact) mass is 372 g/mol. The van der Waals surface area contributed by atoms with E-state index in [4.69, 9.17) is 16.6 Å². The highest BCUT2D eigenvalue weighted by atomic mass is 35.5. The molecular weight excluding hydrogens is 360 g/mol. The molecule has 4 aromatic rings.